The molecule has 0 unspecified atom stereocenters. The quantitative estimate of drug-likeness (QED) is 0.850. The third-order valence-corrected chi connectivity index (χ3v) is 4.49. The van der Waals surface area contributed by atoms with Gasteiger partial charge >= 0.3 is 6.09 Å². The van der Waals surface area contributed by atoms with Gasteiger partial charge in [-0.1, -0.05) is 37.3 Å². The van der Waals surface area contributed by atoms with Crippen LogP contribution in [-0.4, -0.2) is 58.2 Å². The Labute approximate surface area is 149 Å². The number of aliphatic hydroxyl groups is 2. The van der Waals surface area contributed by atoms with E-state index < -0.39 is 36.6 Å². The number of ether oxygens (including phenoxy) is 2. The summed E-state index contributed by atoms with van der Waals surface area (Å²) in [4.78, 5) is 14.0. The van der Waals surface area contributed by atoms with Crippen molar-refractivity contribution in [1.29, 1.82) is 0 Å². The van der Waals surface area contributed by atoms with Gasteiger partial charge in [0.1, 0.15) is 11.1 Å². The molecule has 0 aromatic heterocycles. The van der Waals surface area contributed by atoms with Crippen LogP contribution in [-0.2, 0) is 16.1 Å². The lowest BCUT2D eigenvalue weighted by Gasteiger charge is -2.39. The van der Waals surface area contributed by atoms with E-state index in [-0.39, 0.29) is 5.92 Å². The first-order valence-electron chi connectivity index (χ1n) is 8.61. The van der Waals surface area contributed by atoms with Gasteiger partial charge in [0, 0.05) is 12.5 Å². The van der Waals surface area contributed by atoms with Gasteiger partial charge in [0.05, 0.1) is 25.9 Å². The number of amides is 1. The number of hydrogen-bond donors (Lipinski definition) is 2. The Hall–Kier alpha value is -1.63. The summed E-state index contributed by atoms with van der Waals surface area (Å²) in [7, 11) is 0. The van der Waals surface area contributed by atoms with Crippen LogP contribution < -0.4 is 0 Å². The molecule has 1 amide bonds. The van der Waals surface area contributed by atoms with E-state index in [0.29, 0.717) is 13.2 Å². The summed E-state index contributed by atoms with van der Waals surface area (Å²) in [5.41, 5.74) is -0.855. The fraction of sp³-hybridized carbons (Fsp3) is 0.632. The molecule has 2 atom stereocenters. The van der Waals surface area contributed by atoms with Gasteiger partial charge in [-0.3, -0.25) is 4.90 Å². The Morgan fingerprint density at radius 1 is 1.24 bits per heavy atom. The van der Waals surface area contributed by atoms with Crippen LogP contribution in [0.25, 0.3) is 0 Å². The third kappa shape index (κ3) is 4.32. The molecular formula is C19H29NO5. The SMILES string of the molecule is C[C@@H]1CN(C(=O)OC(C)(C)C)C(CO)(CO)[C@@H]1OCc1ccccc1. The lowest BCUT2D eigenvalue weighted by atomic mass is 9.90. The van der Waals surface area contributed by atoms with Gasteiger partial charge < -0.3 is 19.7 Å². The first kappa shape index (κ1) is 19.7. The minimum Gasteiger partial charge on any atom is -0.444 e. The zero-order valence-corrected chi connectivity index (χ0v) is 15.4. The summed E-state index contributed by atoms with van der Waals surface area (Å²) < 4.78 is 11.5. The van der Waals surface area contributed by atoms with Crippen LogP contribution in [0, 0.1) is 5.92 Å². The van der Waals surface area contributed by atoms with Crippen molar-refractivity contribution >= 4 is 6.09 Å². The maximum absolute atomic E-state index is 12.6. The maximum atomic E-state index is 12.6. The van der Waals surface area contributed by atoms with Crippen molar-refractivity contribution < 1.29 is 24.5 Å². The summed E-state index contributed by atoms with van der Waals surface area (Å²) in [5.74, 6) is -0.0458. The van der Waals surface area contributed by atoms with Crippen molar-refractivity contribution in [3.63, 3.8) is 0 Å². The Kier molecular flexibility index (Phi) is 6.08. The van der Waals surface area contributed by atoms with E-state index in [9.17, 15) is 15.0 Å². The number of carbonyl (C=O) groups excluding carboxylic acids is 1. The Morgan fingerprint density at radius 2 is 1.84 bits per heavy atom. The summed E-state index contributed by atoms with van der Waals surface area (Å²) in [6.45, 7) is 7.21. The molecule has 0 radical (unpaired) electrons. The fourth-order valence-electron chi connectivity index (χ4n) is 3.30. The monoisotopic (exact) mass is 351 g/mol. The maximum Gasteiger partial charge on any atom is 0.411 e. The van der Waals surface area contributed by atoms with Gasteiger partial charge in [0.15, 0.2) is 0 Å². The fourth-order valence-corrected chi connectivity index (χ4v) is 3.30. The minimum atomic E-state index is -1.20. The highest BCUT2D eigenvalue weighted by atomic mass is 16.6. The number of nitrogens with zero attached hydrogens (tertiary/aromatic N) is 1. The zero-order chi connectivity index (χ0) is 18.7. The molecule has 0 saturated carbocycles. The second-order valence-corrected chi connectivity index (χ2v) is 7.71. The Morgan fingerprint density at radius 3 is 2.36 bits per heavy atom. The highest BCUT2D eigenvalue weighted by Crippen LogP contribution is 2.37. The molecule has 0 aliphatic carbocycles. The summed E-state index contributed by atoms with van der Waals surface area (Å²) in [6, 6.07) is 9.68. The summed E-state index contributed by atoms with van der Waals surface area (Å²) >= 11 is 0. The van der Waals surface area contributed by atoms with Gasteiger partial charge in [0.25, 0.3) is 0 Å². The lowest BCUT2D eigenvalue weighted by Crippen LogP contribution is -2.59. The van der Waals surface area contributed by atoms with E-state index in [0.717, 1.165) is 5.56 Å². The molecule has 1 aliphatic heterocycles. The van der Waals surface area contributed by atoms with Crippen LogP contribution in [0.3, 0.4) is 0 Å². The van der Waals surface area contributed by atoms with Crippen LogP contribution in [0.4, 0.5) is 4.79 Å². The van der Waals surface area contributed by atoms with Crippen molar-refractivity contribution in [2.45, 2.75) is 51.5 Å². The van der Waals surface area contributed by atoms with E-state index in [1.807, 2.05) is 37.3 Å². The molecule has 25 heavy (non-hydrogen) atoms. The summed E-state index contributed by atoms with van der Waals surface area (Å²) in [6.07, 6.45) is -1.04. The molecule has 1 aromatic carbocycles. The molecule has 0 bridgehead atoms. The molecule has 1 aromatic rings. The second-order valence-electron chi connectivity index (χ2n) is 7.71. The smallest absolute Gasteiger partial charge is 0.411 e. The van der Waals surface area contributed by atoms with Gasteiger partial charge in [-0.05, 0) is 26.3 Å². The van der Waals surface area contributed by atoms with Crippen LogP contribution >= 0.6 is 0 Å². The molecule has 6 heteroatoms. The standard InChI is InChI=1S/C19H29NO5/c1-14-10-20(17(23)25-18(2,3)4)19(12-21,13-22)16(14)24-11-15-8-6-5-7-9-15/h5-9,14,16,21-22H,10-13H2,1-4H3/t14-,16-/m1/s1. The number of likely N-dealkylation sites (tertiary alicyclic amines) is 1. The van der Waals surface area contributed by atoms with E-state index in [4.69, 9.17) is 9.47 Å². The van der Waals surface area contributed by atoms with Gasteiger partial charge in [-0.25, -0.2) is 4.79 Å². The highest BCUT2D eigenvalue weighted by molar-refractivity contribution is 5.70. The van der Waals surface area contributed by atoms with E-state index in [1.54, 1.807) is 20.8 Å². The van der Waals surface area contributed by atoms with Gasteiger partial charge in [-0.15, -0.1) is 0 Å². The van der Waals surface area contributed by atoms with Crippen LogP contribution in [0.1, 0.15) is 33.3 Å². The average molecular weight is 351 g/mol. The molecule has 2 N–H and O–H groups in total. The summed E-state index contributed by atoms with van der Waals surface area (Å²) in [5, 5.41) is 20.1. The molecule has 1 saturated heterocycles. The molecular weight excluding hydrogens is 322 g/mol. The molecule has 2 rings (SSSR count). The van der Waals surface area contributed by atoms with Crippen molar-refractivity contribution in [1.82, 2.24) is 4.90 Å². The van der Waals surface area contributed by atoms with Crippen LogP contribution in [0.15, 0.2) is 30.3 Å². The molecule has 1 aliphatic rings. The van der Waals surface area contributed by atoms with E-state index in [1.165, 1.54) is 4.90 Å². The topological polar surface area (TPSA) is 79.2 Å². The number of carbonyl (C=O) groups is 1. The van der Waals surface area contributed by atoms with Crippen molar-refractivity contribution in [2.75, 3.05) is 19.8 Å². The number of benzene rings is 1. The largest absolute Gasteiger partial charge is 0.444 e. The zero-order valence-electron chi connectivity index (χ0n) is 15.4. The first-order chi connectivity index (χ1) is 11.7. The molecule has 140 valence electrons. The first-order valence-corrected chi connectivity index (χ1v) is 8.61. The average Bonchev–Trinajstić information content (AvgIpc) is 2.85. The predicted octanol–water partition coefficient (Wildman–Crippen LogP) is 2.18. The van der Waals surface area contributed by atoms with Gasteiger partial charge in [-0.2, -0.15) is 0 Å². The second kappa shape index (κ2) is 7.72. The Bertz CT molecular complexity index is 565. The number of rotatable bonds is 5. The van der Waals surface area contributed by atoms with Crippen molar-refractivity contribution in [2.24, 2.45) is 5.92 Å². The third-order valence-electron chi connectivity index (χ3n) is 4.49. The van der Waals surface area contributed by atoms with Gasteiger partial charge in [0.2, 0.25) is 0 Å². The van der Waals surface area contributed by atoms with Crippen molar-refractivity contribution in [3.8, 4) is 0 Å². The van der Waals surface area contributed by atoms with E-state index >= 15 is 0 Å². The minimum absolute atomic E-state index is 0.0458. The molecule has 0 spiro atoms. The highest BCUT2D eigenvalue weighted by Gasteiger charge is 2.55. The van der Waals surface area contributed by atoms with Crippen LogP contribution in [0.2, 0.25) is 0 Å². The van der Waals surface area contributed by atoms with E-state index in [2.05, 4.69) is 0 Å². The number of aliphatic hydroxyl groups excluding tert-OH is 2. The normalized spacial score (nSPS) is 22.9. The number of hydrogen-bond acceptors (Lipinski definition) is 5. The van der Waals surface area contributed by atoms with Crippen LogP contribution in [0.5, 0.6) is 0 Å². The van der Waals surface area contributed by atoms with Crippen molar-refractivity contribution in [3.05, 3.63) is 35.9 Å². The lowest BCUT2D eigenvalue weighted by molar-refractivity contribution is -0.0930. The Balaban J connectivity index is 2.19. The predicted molar refractivity (Wildman–Crippen MR) is 94.0 cm³/mol. The molecule has 6 nitrogen and oxygen atoms in total. The molecule has 1 fully saturated rings. The molecule has 1 heterocycles.